The number of aromatic nitrogens is 3. The van der Waals surface area contributed by atoms with E-state index in [2.05, 4.69) is 19.9 Å². The first kappa shape index (κ1) is 11.0. The highest BCUT2D eigenvalue weighted by Gasteiger charge is 2.23. The van der Waals surface area contributed by atoms with E-state index in [1.807, 2.05) is 0 Å². The Bertz CT molecular complexity index is 404. The van der Waals surface area contributed by atoms with Crippen LogP contribution in [0.3, 0.4) is 0 Å². The minimum atomic E-state index is 0.215. The number of halogens is 1. The van der Waals surface area contributed by atoms with Crippen molar-refractivity contribution in [1.29, 1.82) is 0 Å². The minimum absolute atomic E-state index is 0.215. The average Bonchev–Trinajstić information content (AvgIpc) is 2.98. The Morgan fingerprint density at radius 3 is 2.65 bits per heavy atom. The van der Waals surface area contributed by atoms with Gasteiger partial charge in [0.2, 0.25) is 11.2 Å². The van der Waals surface area contributed by atoms with Crippen molar-refractivity contribution in [3.05, 3.63) is 5.28 Å². The van der Waals surface area contributed by atoms with E-state index in [-0.39, 0.29) is 5.28 Å². The summed E-state index contributed by atoms with van der Waals surface area (Å²) in [4.78, 5) is 14.6. The van der Waals surface area contributed by atoms with Crippen molar-refractivity contribution in [3.63, 3.8) is 0 Å². The van der Waals surface area contributed by atoms with Crippen LogP contribution in [0, 0.1) is 5.92 Å². The molecule has 2 fully saturated rings. The third kappa shape index (κ3) is 2.77. The Hall–Kier alpha value is -1.10. The van der Waals surface area contributed by atoms with Gasteiger partial charge in [0.05, 0.1) is 6.61 Å². The van der Waals surface area contributed by atoms with Gasteiger partial charge in [0.25, 0.3) is 0 Å². The van der Waals surface area contributed by atoms with Gasteiger partial charge in [0.15, 0.2) is 0 Å². The Morgan fingerprint density at radius 1 is 1.18 bits per heavy atom. The fraction of sp³-hybridized carbons (Fsp3) is 0.727. The Balaban J connectivity index is 1.73. The summed E-state index contributed by atoms with van der Waals surface area (Å²) >= 11 is 5.89. The van der Waals surface area contributed by atoms with E-state index in [9.17, 15) is 0 Å². The molecule has 0 radical (unpaired) electrons. The maximum atomic E-state index is 5.89. The van der Waals surface area contributed by atoms with E-state index in [0.717, 1.165) is 13.1 Å². The maximum Gasteiger partial charge on any atom is 0.322 e. The van der Waals surface area contributed by atoms with Crippen LogP contribution in [0.25, 0.3) is 0 Å². The first-order valence-corrected chi connectivity index (χ1v) is 6.48. The van der Waals surface area contributed by atoms with Crippen molar-refractivity contribution in [1.82, 2.24) is 15.0 Å². The Morgan fingerprint density at radius 2 is 1.94 bits per heavy atom. The molecule has 1 aliphatic heterocycles. The fourth-order valence-electron chi connectivity index (χ4n) is 1.92. The molecule has 1 aromatic heterocycles. The molecule has 0 amide bonds. The molecule has 0 N–H and O–H groups in total. The lowest BCUT2D eigenvalue weighted by molar-refractivity contribution is 0.275. The molecular weight excluding hydrogens is 240 g/mol. The molecule has 92 valence electrons. The van der Waals surface area contributed by atoms with Crippen molar-refractivity contribution in [2.75, 3.05) is 24.6 Å². The van der Waals surface area contributed by atoms with Crippen molar-refractivity contribution in [3.8, 4) is 6.01 Å². The topological polar surface area (TPSA) is 51.1 Å². The molecule has 1 saturated carbocycles. The number of ether oxygens (including phenoxy) is 1. The lowest BCUT2D eigenvalue weighted by Gasteiger charge is -2.15. The molecule has 0 bridgehead atoms. The molecule has 1 saturated heterocycles. The van der Waals surface area contributed by atoms with Gasteiger partial charge in [-0.2, -0.15) is 15.0 Å². The molecular formula is C11H15ClN4O. The average molecular weight is 255 g/mol. The van der Waals surface area contributed by atoms with E-state index < -0.39 is 0 Å². The van der Waals surface area contributed by atoms with Crippen molar-refractivity contribution >= 4 is 17.5 Å². The number of anilines is 1. The molecule has 1 aromatic rings. The van der Waals surface area contributed by atoms with Crippen LogP contribution in [-0.2, 0) is 0 Å². The zero-order valence-corrected chi connectivity index (χ0v) is 10.4. The summed E-state index contributed by atoms with van der Waals surface area (Å²) in [6.07, 6.45) is 4.86. The molecule has 6 heteroatoms. The molecule has 0 spiro atoms. The molecule has 17 heavy (non-hydrogen) atoms. The van der Waals surface area contributed by atoms with E-state index in [4.69, 9.17) is 16.3 Å². The quantitative estimate of drug-likeness (QED) is 0.822. The second-order valence-corrected chi connectivity index (χ2v) is 4.97. The zero-order chi connectivity index (χ0) is 11.7. The van der Waals surface area contributed by atoms with Gasteiger partial charge in [-0.25, -0.2) is 0 Å². The highest BCUT2D eigenvalue weighted by molar-refractivity contribution is 6.28. The highest BCUT2D eigenvalue weighted by Crippen LogP contribution is 2.29. The number of rotatable bonds is 4. The second kappa shape index (κ2) is 4.64. The smallest absolute Gasteiger partial charge is 0.322 e. The molecule has 0 unspecified atom stereocenters. The van der Waals surface area contributed by atoms with Gasteiger partial charge in [0.1, 0.15) is 0 Å². The highest BCUT2D eigenvalue weighted by atomic mass is 35.5. The number of hydrogen-bond donors (Lipinski definition) is 0. The SMILES string of the molecule is Clc1nc(OCC2CC2)nc(N2CCCC2)n1. The number of hydrogen-bond acceptors (Lipinski definition) is 5. The molecule has 3 rings (SSSR count). The van der Waals surface area contributed by atoms with Crippen molar-refractivity contribution in [2.45, 2.75) is 25.7 Å². The predicted molar refractivity (Wildman–Crippen MR) is 64.5 cm³/mol. The van der Waals surface area contributed by atoms with Gasteiger partial charge in [-0.1, -0.05) is 0 Å². The zero-order valence-electron chi connectivity index (χ0n) is 9.60. The summed E-state index contributed by atoms with van der Waals surface area (Å²) in [6.45, 7) is 2.67. The Kier molecular flexibility index (Phi) is 3.01. The molecule has 0 atom stereocenters. The van der Waals surface area contributed by atoms with Crippen molar-refractivity contribution in [2.24, 2.45) is 5.92 Å². The lowest BCUT2D eigenvalue weighted by atomic mass is 10.4. The predicted octanol–water partition coefficient (Wildman–Crippen LogP) is 1.91. The molecule has 5 nitrogen and oxygen atoms in total. The summed E-state index contributed by atoms with van der Waals surface area (Å²) < 4.78 is 5.54. The molecule has 2 heterocycles. The van der Waals surface area contributed by atoms with E-state index in [0.29, 0.717) is 24.5 Å². The van der Waals surface area contributed by atoms with Gasteiger partial charge in [0, 0.05) is 13.1 Å². The first-order valence-electron chi connectivity index (χ1n) is 6.10. The van der Waals surface area contributed by atoms with Gasteiger partial charge >= 0.3 is 6.01 Å². The van der Waals surface area contributed by atoms with Crippen LogP contribution in [0.2, 0.25) is 5.28 Å². The third-order valence-electron chi connectivity index (χ3n) is 3.11. The van der Waals surface area contributed by atoms with Crippen LogP contribution >= 0.6 is 11.6 Å². The van der Waals surface area contributed by atoms with Crippen LogP contribution in [0.4, 0.5) is 5.95 Å². The largest absolute Gasteiger partial charge is 0.463 e. The van der Waals surface area contributed by atoms with Gasteiger partial charge in [-0.05, 0) is 43.2 Å². The summed E-state index contributed by atoms with van der Waals surface area (Å²) in [5.74, 6) is 1.33. The van der Waals surface area contributed by atoms with Crippen LogP contribution < -0.4 is 9.64 Å². The summed E-state index contributed by atoms with van der Waals surface area (Å²) in [7, 11) is 0. The first-order chi connectivity index (χ1) is 8.31. The summed E-state index contributed by atoms with van der Waals surface area (Å²) in [5, 5.41) is 0.215. The van der Waals surface area contributed by atoms with Crippen molar-refractivity contribution < 1.29 is 4.74 Å². The molecule has 0 aromatic carbocycles. The van der Waals surface area contributed by atoms with E-state index in [1.165, 1.54) is 25.7 Å². The lowest BCUT2D eigenvalue weighted by Crippen LogP contribution is -2.21. The van der Waals surface area contributed by atoms with Gasteiger partial charge < -0.3 is 9.64 Å². The van der Waals surface area contributed by atoms with Gasteiger partial charge in [-0.3, -0.25) is 0 Å². The summed E-state index contributed by atoms with van der Waals surface area (Å²) in [6, 6.07) is 0.360. The van der Waals surface area contributed by atoms with Gasteiger partial charge in [-0.15, -0.1) is 0 Å². The number of nitrogens with zero attached hydrogens (tertiary/aromatic N) is 4. The molecule has 1 aliphatic carbocycles. The van der Waals surface area contributed by atoms with Crippen LogP contribution in [0.5, 0.6) is 6.01 Å². The monoisotopic (exact) mass is 254 g/mol. The van der Waals surface area contributed by atoms with Crippen LogP contribution in [-0.4, -0.2) is 34.6 Å². The Labute approximate surface area is 105 Å². The van der Waals surface area contributed by atoms with Crippen LogP contribution in [0.1, 0.15) is 25.7 Å². The van der Waals surface area contributed by atoms with E-state index in [1.54, 1.807) is 0 Å². The minimum Gasteiger partial charge on any atom is -0.463 e. The third-order valence-corrected chi connectivity index (χ3v) is 3.28. The normalized spacial score (nSPS) is 19.7. The summed E-state index contributed by atoms with van der Waals surface area (Å²) in [5.41, 5.74) is 0. The standard InChI is InChI=1S/C11H15ClN4O/c12-9-13-10(16-5-1-2-6-16)15-11(14-9)17-7-8-3-4-8/h8H,1-7H2. The van der Waals surface area contributed by atoms with Crippen LogP contribution in [0.15, 0.2) is 0 Å². The van der Waals surface area contributed by atoms with E-state index >= 15 is 0 Å². The second-order valence-electron chi connectivity index (χ2n) is 4.64. The maximum absolute atomic E-state index is 5.89. The fourth-order valence-corrected chi connectivity index (χ4v) is 2.07. The molecule has 2 aliphatic rings.